The van der Waals surface area contributed by atoms with Crippen molar-refractivity contribution in [3.8, 4) is 0 Å². The minimum Gasteiger partial charge on any atom is -0.295 e. The first-order chi connectivity index (χ1) is 5.61. The van der Waals surface area contributed by atoms with Crippen molar-refractivity contribution in [2.75, 3.05) is 0 Å². The number of amides is 1. The summed E-state index contributed by atoms with van der Waals surface area (Å²) in [5.74, 6) is -0.775. The van der Waals surface area contributed by atoms with Crippen LogP contribution in [-0.4, -0.2) is 27.1 Å². The third-order valence-corrected chi connectivity index (χ3v) is 2.94. The van der Waals surface area contributed by atoms with Gasteiger partial charge in [0.25, 0.3) is 10.9 Å². The van der Waals surface area contributed by atoms with Gasteiger partial charge in [0.1, 0.15) is 0 Å². The van der Waals surface area contributed by atoms with Crippen LogP contribution in [0.25, 0.3) is 0 Å². The summed E-state index contributed by atoms with van der Waals surface area (Å²) in [5, 5.41) is -0.677. The van der Waals surface area contributed by atoms with Crippen molar-refractivity contribution in [2.24, 2.45) is 0 Å². The number of thioether (sulfide) groups is 1. The minimum absolute atomic E-state index is 0.0278. The summed E-state index contributed by atoms with van der Waals surface area (Å²) in [6, 6.07) is 0. The van der Waals surface area contributed by atoms with Gasteiger partial charge < -0.3 is 0 Å². The number of carbonyl (C=O) groups excluding carboxylic acids is 3. The molecule has 2 rings (SSSR count). The van der Waals surface area contributed by atoms with Gasteiger partial charge in [0.15, 0.2) is 0 Å². The van der Waals surface area contributed by atoms with Crippen molar-refractivity contribution >= 4 is 28.6 Å². The van der Waals surface area contributed by atoms with E-state index in [1.165, 1.54) is 4.90 Å². The summed E-state index contributed by atoms with van der Waals surface area (Å²) in [6.45, 7) is 3.40. The largest absolute Gasteiger partial charge is 0.295 e. The van der Waals surface area contributed by atoms with Gasteiger partial charge in [-0.3, -0.25) is 19.3 Å². The molecule has 1 amide bonds. The smallest absolute Gasteiger partial charge is 0.263 e. The molecule has 2 saturated heterocycles. The van der Waals surface area contributed by atoms with Crippen LogP contribution in [0.4, 0.5) is 0 Å². The lowest BCUT2D eigenvalue weighted by molar-refractivity contribution is -0.143. The number of carbonyl (C=O) groups is 3. The minimum atomic E-state index is -0.649. The maximum absolute atomic E-state index is 11.0. The number of Topliss-reactive ketones (excluding diaryl/α,β-unsaturated/α-hetero) is 1. The average Bonchev–Trinajstić information content (AvgIpc) is 1.99. The fraction of sp³-hybridized carbons (Fsp3) is 0.286. The normalized spacial score (nSPS) is 28.7. The van der Waals surface area contributed by atoms with E-state index in [9.17, 15) is 14.4 Å². The molecule has 0 N–H and O–H groups in total. The summed E-state index contributed by atoms with van der Waals surface area (Å²) >= 11 is 0.908. The molecule has 1 atom stereocenters. The fourth-order valence-corrected chi connectivity index (χ4v) is 2.26. The fourth-order valence-electron chi connectivity index (χ4n) is 1.21. The standard InChI is InChI=1S/C7H5NO3S/c1-3-6(10)7(11)12-5-2-4(9)8(3)5/h5H,1-2H2/t5-/m1/s1. The Hall–Kier alpha value is -1.10. The zero-order valence-corrected chi connectivity index (χ0v) is 6.89. The summed E-state index contributed by atoms with van der Waals surface area (Å²) in [4.78, 5) is 34.1. The van der Waals surface area contributed by atoms with E-state index in [2.05, 4.69) is 6.58 Å². The lowest BCUT2D eigenvalue weighted by atomic mass is 10.1. The van der Waals surface area contributed by atoms with Crippen LogP contribution in [0.5, 0.6) is 0 Å². The average molecular weight is 183 g/mol. The highest BCUT2D eigenvalue weighted by atomic mass is 32.2. The zero-order chi connectivity index (χ0) is 8.88. The van der Waals surface area contributed by atoms with Gasteiger partial charge in [-0.25, -0.2) is 0 Å². The van der Waals surface area contributed by atoms with Gasteiger partial charge in [-0.05, 0) is 0 Å². The zero-order valence-electron chi connectivity index (χ0n) is 6.07. The van der Waals surface area contributed by atoms with Gasteiger partial charge in [0, 0.05) is 0 Å². The van der Waals surface area contributed by atoms with E-state index in [1.807, 2.05) is 0 Å². The third kappa shape index (κ3) is 0.768. The molecule has 0 spiro atoms. The molecule has 62 valence electrons. The van der Waals surface area contributed by atoms with Gasteiger partial charge in [-0.2, -0.15) is 0 Å². The van der Waals surface area contributed by atoms with Crippen LogP contribution in [0.15, 0.2) is 12.3 Å². The van der Waals surface area contributed by atoms with Gasteiger partial charge in [-0.15, -0.1) is 0 Å². The lowest BCUT2D eigenvalue weighted by Gasteiger charge is -2.42. The Bertz CT molecular complexity index is 323. The molecule has 0 unspecified atom stereocenters. The molecule has 2 heterocycles. The van der Waals surface area contributed by atoms with Crippen LogP contribution in [0.2, 0.25) is 0 Å². The van der Waals surface area contributed by atoms with E-state index in [-0.39, 0.29) is 17.0 Å². The van der Waals surface area contributed by atoms with Crippen LogP contribution < -0.4 is 0 Å². The van der Waals surface area contributed by atoms with Crippen molar-refractivity contribution < 1.29 is 14.4 Å². The molecule has 0 aromatic heterocycles. The Morgan fingerprint density at radius 1 is 1.42 bits per heavy atom. The topological polar surface area (TPSA) is 54.5 Å². The maximum atomic E-state index is 11.0. The Morgan fingerprint density at radius 3 is 2.67 bits per heavy atom. The molecule has 2 aliphatic rings. The monoisotopic (exact) mass is 183 g/mol. The Kier molecular flexibility index (Phi) is 1.38. The highest BCUT2D eigenvalue weighted by Gasteiger charge is 2.47. The number of hydrogen-bond donors (Lipinski definition) is 0. The second kappa shape index (κ2) is 2.20. The number of ketones is 1. The maximum Gasteiger partial charge on any atom is 0.263 e. The second-order valence-corrected chi connectivity index (χ2v) is 3.75. The Morgan fingerprint density at radius 2 is 2.08 bits per heavy atom. The molecular formula is C7H5NO3S. The second-order valence-electron chi connectivity index (χ2n) is 2.60. The molecule has 2 aliphatic heterocycles. The van der Waals surface area contributed by atoms with Crippen LogP contribution in [0.1, 0.15) is 6.42 Å². The highest BCUT2D eigenvalue weighted by Crippen LogP contribution is 2.37. The molecule has 0 aromatic carbocycles. The van der Waals surface area contributed by atoms with Crippen molar-refractivity contribution in [1.82, 2.24) is 4.90 Å². The third-order valence-electron chi connectivity index (χ3n) is 1.89. The Labute approximate surface area is 72.6 Å². The van der Waals surface area contributed by atoms with E-state index in [0.29, 0.717) is 6.42 Å². The quantitative estimate of drug-likeness (QED) is 0.299. The van der Waals surface area contributed by atoms with E-state index < -0.39 is 10.9 Å². The molecule has 0 aromatic rings. The van der Waals surface area contributed by atoms with Gasteiger partial charge in [-0.1, -0.05) is 18.3 Å². The first-order valence-corrected chi connectivity index (χ1v) is 4.25. The number of rotatable bonds is 0. The Balaban J connectivity index is 2.30. The number of hydrogen-bond acceptors (Lipinski definition) is 4. The van der Waals surface area contributed by atoms with Crippen LogP contribution >= 0.6 is 11.8 Å². The summed E-state index contributed by atoms with van der Waals surface area (Å²) < 4.78 is 0. The van der Waals surface area contributed by atoms with Gasteiger partial charge >= 0.3 is 0 Å². The van der Waals surface area contributed by atoms with Gasteiger partial charge in [0.05, 0.1) is 17.5 Å². The van der Waals surface area contributed by atoms with E-state index in [4.69, 9.17) is 0 Å². The molecule has 5 heteroatoms. The van der Waals surface area contributed by atoms with Gasteiger partial charge in [0.2, 0.25) is 5.91 Å². The molecular weight excluding hydrogens is 178 g/mol. The van der Waals surface area contributed by atoms with E-state index >= 15 is 0 Å². The van der Waals surface area contributed by atoms with E-state index in [0.717, 1.165) is 11.8 Å². The molecule has 0 saturated carbocycles. The molecule has 12 heavy (non-hydrogen) atoms. The molecule has 2 fully saturated rings. The predicted octanol–water partition coefficient (Wildman–Crippen LogP) is -0.0990. The molecule has 0 radical (unpaired) electrons. The molecule has 0 aliphatic carbocycles. The first kappa shape index (κ1) is 7.54. The van der Waals surface area contributed by atoms with Crippen LogP contribution in [0, 0.1) is 0 Å². The van der Waals surface area contributed by atoms with Crippen molar-refractivity contribution in [3.05, 3.63) is 12.3 Å². The first-order valence-electron chi connectivity index (χ1n) is 3.37. The van der Waals surface area contributed by atoms with Crippen molar-refractivity contribution in [2.45, 2.75) is 11.8 Å². The van der Waals surface area contributed by atoms with Crippen molar-refractivity contribution in [1.29, 1.82) is 0 Å². The lowest BCUT2D eigenvalue weighted by Crippen LogP contribution is -2.55. The summed E-state index contributed by atoms with van der Waals surface area (Å²) in [7, 11) is 0. The predicted molar refractivity (Wildman–Crippen MR) is 42.0 cm³/mol. The summed E-state index contributed by atoms with van der Waals surface area (Å²) in [5.41, 5.74) is 0.0278. The highest BCUT2D eigenvalue weighted by molar-refractivity contribution is 8.16. The number of allylic oxidation sites excluding steroid dienone is 1. The number of β-lactam (4-membered cyclic amide) rings is 1. The molecule has 0 bridgehead atoms. The number of fused-ring (bicyclic) bond motifs is 1. The molecule has 4 nitrogen and oxygen atoms in total. The number of nitrogens with zero attached hydrogens (tertiary/aromatic N) is 1. The van der Waals surface area contributed by atoms with E-state index in [1.54, 1.807) is 0 Å². The SMILES string of the molecule is C=C1C(=O)C(=O)S[C@@H]2CC(=O)N12. The summed E-state index contributed by atoms with van der Waals surface area (Å²) in [6.07, 6.45) is 0.336. The van der Waals surface area contributed by atoms with Crippen molar-refractivity contribution in [3.63, 3.8) is 0 Å². The van der Waals surface area contributed by atoms with Crippen LogP contribution in [-0.2, 0) is 14.4 Å². The van der Waals surface area contributed by atoms with Crippen LogP contribution in [0.3, 0.4) is 0 Å².